The monoisotopic (exact) mass is 611 g/mol. The van der Waals surface area contributed by atoms with Gasteiger partial charge in [-0.1, -0.05) is 60.4 Å². The summed E-state index contributed by atoms with van der Waals surface area (Å²) in [5.74, 6) is 4.71. The molecule has 0 heterocycles. The summed E-state index contributed by atoms with van der Waals surface area (Å²) in [6.07, 6.45) is -0.623. The highest BCUT2D eigenvalue weighted by Gasteiger charge is 2.29. The van der Waals surface area contributed by atoms with Crippen LogP contribution < -0.4 is 16.0 Å². The number of alkyl carbamates (subject to hydrolysis) is 2. The second-order valence-electron chi connectivity index (χ2n) is 11.3. The van der Waals surface area contributed by atoms with E-state index < -0.39 is 23.8 Å². The van der Waals surface area contributed by atoms with Crippen LogP contribution in [0.15, 0.2) is 66.7 Å². The molecule has 1 aliphatic carbocycles. The van der Waals surface area contributed by atoms with Crippen LogP contribution in [-0.2, 0) is 19.0 Å². The molecule has 0 atom stereocenters. The molecule has 3 amide bonds. The quantitative estimate of drug-likeness (QED) is 0.124. The molecule has 10 nitrogen and oxygen atoms in total. The Morgan fingerprint density at radius 2 is 1.53 bits per heavy atom. The first kappa shape index (κ1) is 32.6. The predicted octanol–water partition coefficient (Wildman–Crippen LogP) is 5.61. The van der Waals surface area contributed by atoms with E-state index >= 15 is 0 Å². The smallest absolute Gasteiger partial charge is 0.408 e. The van der Waals surface area contributed by atoms with E-state index in [0.29, 0.717) is 17.7 Å². The third-order valence-electron chi connectivity index (χ3n) is 6.85. The molecule has 0 radical (unpaired) electrons. The number of hydrogen-bond acceptors (Lipinski definition) is 7. The van der Waals surface area contributed by atoms with E-state index in [2.05, 4.69) is 52.1 Å². The van der Waals surface area contributed by atoms with Gasteiger partial charge < -0.3 is 30.2 Å². The summed E-state index contributed by atoms with van der Waals surface area (Å²) in [7, 11) is 1.26. The molecule has 0 bridgehead atoms. The van der Waals surface area contributed by atoms with Crippen molar-refractivity contribution in [3.05, 3.63) is 89.0 Å². The van der Waals surface area contributed by atoms with Gasteiger partial charge in [-0.2, -0.15) is 0 Å². The molecule has 3 aromatic carbocycles. The Labute approximate surface area is 262 Å². The minimum atomic E-state index is -0.641. The number of anilines is 1. The van der Waals surface area contributed by atoms with Crippen molar-refractivity contribution in [2.45, 2.75) is 45.1 Å². The molecule has 45 heavy (non-hydrogen) atoms. The summed E-state index contributed by atoms with van der Waals surface area (Å²) in [6, 6.07) is 20.9. The van der Waals surface area contributed by atoms with Crippen LogP contribution in [0.1, 0.15) is 66.6 Å². The molecule has 0 aliphatic heterocycles. The maximum absolute atomic E-state index is 12.6. The Morgan fingerprint density at radius 3 is 2.18 bits per heavy atom. The van der Waals surface area contributed by atoms with Gasteiger partial charge in [-0.15, -0.1) is 0 Å². The van der Waals surface area contributed by atoms with E-state index in [9.17, 15) is 19.2 Å². The van der Waals surface area contributed by atoms with Crippen LogP contribution in [0.4, 0.5) is 15.3 Å². The molecule has 0 aromatic heterocycles. The van der Waals surface area contributed by atoms with Crippen molar-refractivity contribution in [2.75, 3.05) is 32.1 Å². The fourth-order valence-electron chi connectivity index (χ4n) is 4.90. The van der Waals surface area contributed by atoms with Crippen molar-refractivity contribution in [2.24, 2.45) is 0 Å². The number of carbonyl (C=O) groups is 4. The van der Waals surface area contributed by atoms with Crippen molar-refractivity contribution < 1.29 is 33.4 Å². The molecule has 1 aliphatic rings. The number of nitrogens with one attached hydrogen (secondary N) is 3. The van der Waals surface area contributed by atoms with Gasteiger partial charge in [0.2, 0.25) is 5.91 Å². The second-order valence-corrected chi connectivity index (χ2v) is 11.3. The number of carbonyl (C=O) groups excluding carboxylic acids is 4. The number of amides is 3. The van der Waals surface area contributed by atoms with Crippen LogP contribution in [0.5, 0.6) is 0 Å². The molecule has 234 valence electrons. The average molecular weight is 612 g/mol. The van der Waals surface area contributed by atoms with E-state index in [4.69, 9.17) is 14.2 Å². The molecule has 3 N–H and O–H groups in total. The van der Waals surface area contributed by atoms with E-state index in [-0.39, 0.29) is 43.5 Å². The van der Waals surface area contributed by atoms with Crippen LogP contribution in [0.3, 0.4) is 0 Å². The van der Waals surface area contributed by atoms with Crippen LogP contribution in [0.2, 0.25) is 0 Å². The van der Waals surface area contributed by atoms with Gasteiger partial charge in [-0.25, -0.2) is 14.4 Å². The zero-order valence-electron chi connectivity index (χ0n) is 25.8. The number of esters is 1. The molecule has 0 saturated heterocycles. The van der Waals surface area contributed by atoms with Gasteiger partial charge in [0.25, 0.3) is 0 Å². The minimum Gasteiger partial charge on any atom is -0.465 e. The van der Waals surface area contributed by atoms with E-state index in [0.717, 1.165) is 22.3 Å². The van der Waals surface area contributed by atoms with Crippen LogP contribution in [-0.4, -0.2) is 56.5 Å². The first-order valence-electron chi connectivity index (χ1n) is 14.6. The third-order valence-corrected chi connectivity index (χ3v) is 6.85. The Kier molecular flexibility index (Phi) is 10.8. The summed E-state index contributed by atoms with van der Waals surface area (Å²) < 4.78 is 15.5. The molecular formula is C35H37N3O7. The van der Waals surface area contributed by atoms with E-state index in [1.165, 1.54) is 13.2 Å². The Bertz CT molecular complexity index is 1590. The lowest BCUT2D eigenvalue weighted by molar-refractivity contribution is -0.116. The summed E-state index contributed by atoms with van der Waals surface area (Å²) >= 11 is 0. The standard InChI is InChI=1S/C35H37N3O7/c1-35(2,3)45-34(42)37-19-9-11-23-21-24(17-18-25(23)32(40)43-4)38-31(39)16-10-20-36-33(41)44-22-30-28-14-7-5-12-26(28)27-13-6-8-15-29(27)30/h5-8,12-15,17-18,21,30H,10,16,19-20,22H2,1-4H3,(H,36,41)(H,37,42)(H,38,39). The Hall–Kier alpha value is -5.30. The van der Waals surface area contributed by atoms with Gasteiger partial charge in [0.05, 0.1) is 19.2 Å². The van der Waals surface area contributed by atoms with Crippen LogP contribution >= 0.6 is 0 Å². The number of fused-ring (bicyclic) bond motifs is 3. The predicted molar refractivity (Wildman–Crippen MR) is 170 cm³/mol. The van der Waals surface area contributed by atoms with Crippen LogP contribution in [0, 0.1) is 11.8 Å². The molecule has 4 rings (SSSR count). The molecule has 0 unspecified atom stereocenters. The first-order chi connectivity index (χ1) is 21.6. The molecule has 0 saturated carbocycles. The SMILES string of the molecule is COC(=O)c1ccc(NC(=O)CCCNC(=O)OCC2c3ccccc3-c3ccccc32)cc1C#CCNC(=O)OC(C)(C)C. The normalized spacial score (nSPS) is 11.6. The molecule has 0 fully saturated rings. The summed E-state index contributed by atoms with van der Waals surface area (Å²) in [6.45, 7) is 5.71. The van der Waals surface area contributed by atoms with Gasteiger partial charge >= 0.3 is 18.2 Å². The Morgan fingerprint density at radius 1 is 0.867 bits per heavy atom. The highest BCUT2D eigenvalue weighted by Crippen LogP contribution is 2.44. The van der Waals surface area contributed by atoms with Crippen molar-refractivity contribution in [1.29, 1.82) is 0 Å². The maximum Gasteiger partial charge on any atom is 0.408 e. The van der Waals surface area contributed by atoms with Gasteiger partial charge in [-0.3, -0.25) is 4.79 Å². The minimum absolute atomic E-state index is 0.0111. The molecule has 3 aromatic rings. The highest BCUT2D eigenvalue weighted by molar-refractivity contribution is 5.95. The highest BCUT2D eigenvalue weighted by atomic mass is 16.6. The number of benzene rings is 3. The number of methoxy groups -OCH3 is 1. The largest absolute Gasteiger partial charge is 0.465 e. The summed E-state index contributed by atoms with van der Waals surface area (Å²) in [5.41, 5.74) is 4.91. The zero-order valence-corrected chi connectivity index (χ0v) is 25.8. The lowest BCUT2D eigenvalue weighted by Gasteiger charge is -2.19. The van der Waals surface area contributed by atoms with E-state index in [1.807, 2.05) is 24.3 Å². The van der Waals surface area contributed by atoms with Gasteiger partial charge in [0, 0.05) is 30.1 Å². The lowest BCUT2D eigenvalue weighted by Crippen LogP contribution is -2.32. The van der Waals surface area contributed by atoms with Crippen LogP contribution in [0.25, 0.3) is 11.1 Å². The molecule has 0 spiro atoms. The maximum atomic E-state index is 12.6. The van der Waals surface area contributed by atoms with Crippen molar-refractivity contribution in [1.82, 2.24) is 10.6 Å². The average Bonchev–Trinajstić information content (AvgIpc) is 3.33. The summed E-state index contributed by atoms with van der Waals surface area (Å²) in [4.78, 5) is 49.0. The Balaban J connectivity index is 1.24. The fraction of sp³-hybridized carbons (Fsp3) is 0.314. The van der Waals surface area contributed by atoms with Gasteiger partial charge in [-0.05, 0) is 67.6 Å². The zero-order chi connectivity index (χ0) is 32.4. The van der Waals surface area contributed by atoms with Crippen molar-refractivity contribution in [3.63, 3.8) is 0 Å². The molecular weight excluding hydrogens is 574 g/mol. The fourth-order valence-corrected chi connectivity index (χ4v) is 4.90. The third kappa shape index (κ3) is 9.10. The lowest BCUT2D eigenvalue weighted by atomic mass is 9.98. The second kappa shape index (κ2) is 14.9. The summed E-state index contributed by atoms with van der Waals surface area (Å²) in [5, 5.41) is 8.01. The number of hydrogen-bond donors (Lipinski definition) is 3. The number of rotatable bonds is 9. The van der Waals surface area contributed by atoms with Gasteiger partial charge in [0.15, 0.2) is 0 Å². The van der Waals surface area contributed by atoms with Crippen molar-refractivity contribution >= 4 is 29.8 Å². The number of ether oxygens (including phenoxy) is 3. The van der Waals surface area contributed by atoms with Gasteiger partial charge in [0.1, 0.15) is 12.2 Å². The first-order valence-corrected chi connectivity index (χ1v) is 14.6. The molecule has 10 heteroatoms. The van der Waals surface area contributed by atoms with E-state index in [1.54, 1.807) is 32.9 Å². The topological polar surface area (TPSA) is 132 Å². The van der Waals surface area contributed by atoms with Crippen molar-refractivity contribution in [3.8, 4) is 23.0 Å².